The van der Waals surface area contributed by atoms with Crippen molar-refractivity contribution in [3.63, 3.8) is 0 Å². The molecule has 0 rings (SSSR count). The zero-order valence-electron chi connectivity index (χ0n) is 13.5. The van der Waals surface area contributed by atoms with Gasteiger partial charge in [0.1, 0.15) is 0 Å². The van der Waals surface area contributed by atoms with Crippen LogP contribution in [-0.2, 0) is 19.2 Å². The van der Waals surface area contributed by atoms with Crippen molar-refractivity contribution in [3.8, 4) is 0 Å². The van der Waals surface area contributed by atoms with Gasteiger partial charge in [-0.3, -0.25) is 9.59 Å². The molecule has 0 aliphatic rings. The van der Waals surface area contributed by atoms with Crippen LogP contribution in [0.15, 0.2) is 0 Å². The number of aliphatic hydroxyl groups excluding tert-OH is 2. The summed E-state index contributed by atoms with van der Waals surface area (Å²) in [5.41, 5.74) is 0. The van der Waals surface area contributed by atoms with Gasteiger partial charge >= 0.3 is 11.9 Å². The van der Waals surface area contributed by atoms with Crippen LogP contribution in [-0.4, -0.2) is 57.7 Å². The topological polar surface area (TPSA) is 197 Å². The molecule has 0 saturated carbocycles. The summed E-state index contributed by atoms with van der Waals surface area (Å²) < 4.78 is 0. The van der Waals surface area contributed by atoms with Crippen LogP contribution in [0.3, 0.4) is 0 Å². The highest BCUT2D eigenvalue weighted by Gasteiger charge is 1.99. The number of aliphatic hydroxyl groups is 2. The molecule has 140 valence electrons. The minimum atomic E-state index is -0.870. The van der Waals surface area contributed by atoms with Gasteiger partial charge in [-0.15, -0.1) is 0 Å². The van der Waals surface area contributed by atoms with E-state index in [1.54, 1.807) is 0 Å². The highest BCUT2D eigenvalue weighted by Crippen LogP contribution is 1.98. The fourth-order valence-corrected chi connectivity index (χ4v) is 1.13. The van der Waals surface area contributed by atoms with Crippen molar-refractivity contribution in [2.45, 2.75) is 51.4 Å². The first-order valence-corrected chi connectivity index (χ1v) is 7.10. The summed E-state index contributed by atoms with van der Waals surface area (Å²) in [4.78, 5) is 36.5. The Hall–Kier alpha value is -2.38. The van der Waals surface area contributed by atoms with Crippen molar-refractivity contribution in [2.75, 3.05) is 13.2 Å². The number of carboxylic acids is 2. The maximum absolute atomic E-state index is 9.90. The number of rotatable bonds is 10. The summed E-state index contributed by atoms with van der Waals surface area (Å²) in [5.74, 6) is -1.74. The van der Waals surface area contributed by atoms with Crippen LogP contribution in [0.4, 0.5) is 0 Å². The zero-order chi connectivity index (χ0) is 19.6. The Kier molecular flexibility index (Phi) is 40.1. The average molecular weight is 350 g/mol. The zero-order valence-corrected chi connectivity index (χ0v) is 13.5. The quantitative estimate of drug-likeness (QED) is 0.191. The fraction of sp³-hybridized carbons (Fsp3) is 0.714. The van der Waals surface area contributed by atoms with Gasteiger partial charge < -0.3 is 20.4 Å². The number of carbonyl (C=O) groups is 2. The largest absolute Gasteiger partial charge is 0.481 e. The number of unbranched alkanes of at least 4 members (excludes halogenated alkanes) is 4. The summed E-state index contributed by atoms with van der Waals surface area (Å²) in [6.45, 7) is 0.566. The van der Waals surface area contributed by atoms with Crippen LogP contribution in [0.1, 0.15) is 51.4 Å². The highest BCUT2D eigenvalue weighted by atomic mass is 16.4. The second kappa shape index (κ2) is 32.5. The average Bonchev–Trinajstić information content (AvgIpc) is 2.50. The van der Waals surface area contributed by atoms with E-state index in [4.69, 9.17) is 40.8 Å². The van der Waals surface area contributed by atoms with Crippen LogP contribution in [0.5, 0.6) is 0 Å². The van der Waals surface area contributed by atoms with Crippen molar-refractivity contribution in [2.24, 2.45) is 0 Å². The number of carboxylic acid groups (broad SMARTS) is 2. The molecule has 24 heavy (non-hydrogen) atoms. The molecule has 0 aromatic carbocycles. The SMILES string of the molecule is N=C=O.N=C=O.O=C(O)CCCCC(=O)O.OCCCCCCO. The van der Waals surface area contributed by atoms with Crippen LogP contribution < -0.4 is 0 Å². The lowest BCUT2D eigenvalue weighted by Crippen LogP contribution is -1.97. The van der Waals surface area contributed by atoms with Gasteiger partial charge in [-0.2, -0.15) is 0 Å². The van der Waals surface area contributed by atoms with Gasteiger partial charge in [0.25, 0.3) is 0 Å². The van der Waals surface area contributed by atoms with Crippen molar-refractivity contribution < 1.29 is 39.6 Å². The number of isocyanates is 2. The van der Waals surface area contributed by atoms with Gasteiger partial charge in [0.15, 0.2) is 0 Å². The summed E-state index contributed by atoms with van der Waals surface area (Å²) in [6.07, 6.45) is 6.35. The predicted octanol–water partition coefficient (Wildman–Crippen LogP) is 1.05. The van der Waals surface area contributed by atoms with Crippen molar-refractivity contribution >= 4 is 24.1 Å². The van der Waals surface area contributed by atoms with Crippen LogP contribution in [0, 0.1) is 10.8 Å². The molecule has 0 aromatic heterocycles. The molecule has 0 aliphatic carbocycles. The third-order valence-corrected chi connectivity index (χ3v) is 2.10. The van der Waals surface area contributed by atoms with Crippen molar-refractivity contribution in [3.05, 3.63) is 0 Å². The standard InChI is InChI=1S/C6H10O4.C6H14O2.2CHNO/c7-5(8)3-1-2-4-6(9)10;7-5-3-1-2-4-6-8;2*2-1-3/h1-4H2,(H,7,8)(H,9,10);7-8H,1-6H2;2*2H. The Bertz CT molecular complexity index is 315. The second-order valence-electron chi connectivity index (χ2n) is 4.06. The maximum Gasteiger partial charge on any atom is 0.303 e. The molecular formula is C14H26N2O8. The number of nitrogens with one attached hydrogen (secondary N) is 2. The van der Waals surface area contributed by atoms with Crippen molar-refractivity contribution in [1.29, 1.82) is 10.8 Å². The van der Waals surface area contributed by atoms with E-state index in [0.717, 1.165) is 37.8 Å². The Morgan fingerprint density at radius 1 is 0.667 bits per heavy atom. The van der Waals surface area contributed by atoms with Gasteiger partial charge in [-0.25, -0.2) is 20.4 Å². The normalized spacial score (nSPS) is 7.75. The lowest BCUT2D eigenvalue weighted by Gasteiger charge is -1.93. The predicted molar refractivity (Wildman–Crippen MR) is 83.2 cm³/mol. The number of carbonyl (C=O) groups excluding carboxylic acids is 2. The lowest BCUT2D eigenvalue weighted by molar-refractivity contribution is -0.139. The minimum Gasteiger partial charge on any atom is -0.481 e. The summed E-state index contributed by atoms with van der Waals surface area (Å²) in [7, 11) is 0. The van der Waals surface area contributed by atoms with Gasteiger partial charge in [0, 0.05) is 26.1 Å². The molecule has 0 bridgehead atoms. The van der Waals surface area contributed by atoms with Gasteiger partial charge in [-0.05, 0) is 25.7 Å². The first-order chi connectivity index (χ1) is 11.4. The molecule has 10 nitrogen and oxygen atoms in total. The van der Waals surface area contributed by atoms with Gasteiger partial charge in [0.2, 0.25) is 12.2 Å². The third-order valence-electron chi connectivity index (χ3n) is 2.10. The molecule has 0 saturated heterocycles. The molecule has 0 aliphatic heterocycles. The summed E-state index contributed by atoms with van der Waals surface area (Å²) in [5, 5.41) is 43.7. The van der Waals surface area contributed by atoms with Crippen LogP contribution in [0.2, 0.25) is 0 Å². The lowest BCUT2D eigenvalue weighted by atomic mass is 10.2. The molecule has 6 N–H and O–H groups in total. The molecule has 0 radical (unpaired) electrons. The number of hydrogen-bond donors (Lipinski definition) is 6. The van der Waals surface area contributed by atoms with Gasteiger partial charge in [-0.1, -0.05) is 12.8 Å². The molecule has 0 fully saturated rings. The Morgan fingerprint density at radius 2 is 0.917 bits per heavy atom. The van der Waals surface area contributed by atoms with E-state index in [1.807, 2.05) is 0 Å². The van der Waals surface area contributed by atoms with E-state index in [-0.39, 0.29) is 26.1 Å². The molecular weight excluding hydrogens is 324 g/mol. The monoisotopic (exact) mass is 350 g/mol. The number of aliphatic carboxylic acids is 2. The maximum atomic E-state index is 9.90. The molecule has 0 spiro atoms. The third kappa shape index (κ3) is 73.5. The van der Waals surface area contributed by atoms with E-state index in [0.29, 0.717) is 12.8 Å². The molecule has 0 atom stereocenters. The molecule has 0 heterocycles. The first kappa shape index (κ1) is 29.6. The van der Waals surface area contributed by atoms with E-state index in [1.165, 1.54) is 0 Å². The smallest absolute Gasteiger partial charge is 0.303 e. The highest BCUT2D eigenvalue weighted by molar-refractivity contribution is 5.67. The Morgan fingerprint density at radius 3 is 1.08 bits per heavy atom. The molecule has 0 aromatic rings. The second-order valence-corrected chi connectivity index (χ2v) is 4.06. The minimum absolute atomic E-state index is 0.0628. The first-order valence-electron chi connectivity index (χ1n) is 7.10. The van der Waals surface area contributed by atoms with Gasteiger partial charge in [0.05, 0.1) is 0 Å². The van der Waals surface area contributed by atoms with E-state index in [2.05, 4.69) is 0 Å². The van der Waals surface area contributed by atoms with E-state index >= 15 is 0 Å². The fourth-order valence-electron chi connectivity index (χ4n) is 1.13. The number of hydrogen-bond acceptors (Lipinski definition) is 8. The molecule has 0 amide bonds. The van der Waals surface area contributed by atoms with Crippen LogP contribution in [0.25, 0.3) is 0 Å². The van der Waals surface area contributed by atoms with Crippen LogP contribution >= 0.6 is 0 Å². The Balaban J connectivity index is -0.000000127. The van der Waals surface area contributed by atoms with Crippen molar-refractivity contribution in [1.82, 2.24) is 0 Å². The summed E-state index contributed by atoms with van der Waals surface area (Å²) >= 11 is 0. The van der Waals surface area contributed by atoms with E-state index < -0.39 is 11.9 Å². The van der Waals surface area contributed by atoms with E-state index in [9.17, 15) is 9.59 Å². The molecule has 0 unspecified atom stereocenters. The summed E-state index contributed by atoms with van der Waals surface area (Å²) in [6, 6.07) is 0. The Labute approximate surface area is 140 Å². The molecule has 10 heteroatoms.